The van der Waals surface area contributed by atoms with Gasteiger partial charge in [0, 0.05) is 17.6 Å². The Morgan fingerprint density at radius 1 is 1.06 bits per heavy atom. The third-order valence-corrected chi connectivity index (χ3v) is 7.36. The van der Waals surface area contributed by atoms with Gasteiger partial charge in [0.1, 0.15) is 12.6 Å². The summed E-state index contributed by atoms with van der Waals surface area (Å²) in [5, 5.41) is 3.31. The molecule has 0 aliphatic heterocycles. The number of benzene rings is 2. The Balaban J connectivity index is 2.42. The second kappa shape index (κ2) is 11.7. The number of carbonyl (C=O) groups excluding carboxylic acids is 2. The quantitative estimate of drug-likeness (QED) is 0.525. The molecule has 1 N–H and O–H groups in total. The summed E-state index contributed by atoms with van der Waals surface area (Å²) < 4.78 is 26.4. The van der Waals surface area contributed by atoms with Crippen molar-refractivity contribution in [2.75, 3.05) is 17.1 Å². The predicted octanol–water partition coefficient (Wildman–Crippen LogP) is 4.05. The molecule has 0 bridgehead atoms. The standard InChI is InChI=1S/C25H34ClN3O4S/c1-7-18(3)27-25(31)20(5)28(15-21-13-11-17(2)12-14-21)24(30)16-29(34(6,32)33)23-10-8-9-22(26)19(23)4/h8-14,18,20H,7,15-16H2,1-6H3,(H,27,31)/t18-,20-/m0/s1. The van der Waals surface area contributed by atoms with Gasteiger partial charge < -0.3 is 10.2 Å². The summed E-state index contributed by atoms with van der Waals surface area (Å²) in [6, 6.07) is 11.7. The number of nitrogens with zero attached hydrogens (tertiary/aromatic N) is 2. The summed E-state index contributed by atoms with van der Waals surface area (Å²) in [7, 11) is -3.81. The van der Waals surface area contributed by atoms with Gasteiger partial charge in [-0.2, -0.15) is 0 Å². The fourth-order valence-corrected chi connectivity index (χ4v) is 4.47. The lowest BCUT2D eigenvalue weighted by Crippen LogP contribution is -2.52. The number of amides is 2. The van der Waals surface area contributed by atoms with E-state index < -0.39 is 28.5 Å². The van der Waals surface area contributed by atoms with Crippen LogP contribution in [0.1, 0.15) is 43.9 Å². The van der Waals surface area contributed by atoms with Gasteiger partial charge in [0.2, 0.25) is 21.8 Å². The molecule has 0 aliphatic rings. The molecular formula is C25H34ClN3O4S. The van der Waals surface area contributed by atoms with Crippen LogP contribution < -0.4 is 9.62 Å². The highest BCUT2D eigenvalue weighted by molar-refractivity contribution is 7.92. The van der Waals surface area contributed by atoms with Crippen LogP contribution in [0, 0.1) is 13.8 Å². The largest absolute Gasteiger partial charge is 0.352 e. The molecule has 34 heavy (non-hydrogen) atoms. The van der Waals surface area contributed by atoms with Crippen molar-refractivity contribution in [1.29, 1.82) is 0 Å². The zero-order valence-corrected chi connectivity index (χ0v) is 22.2. The highest BCUT2D eigenvalue weighted by atomic mass is 35.5. The van der Waals surface area contributed by atoms with Gasteiger partial charge >= 0.3 is 0 Å². The highest BCUT2D eigenvalue weighted by Crippen LogP contribution is 2.28. The van der Waals surface area contributed by atoms with Crippen molar-refractivity contribution in [1.82, 2.24) is 10.2 Å². The number of sulfonamides is 1. The van der Waals surface area contributed by atoms with Crippen molar-refractivity contribution in [2.24, 2.45) is 0 Å². The number of anilines is 1. The van der Waals surface area contributed by atoms with E-state index in [1.807, 2.05) is 45.0 Å². The van der Waals surface area contributed by atoms with Crippen molar-refractivity contribution in [3.8, 4) is 0 Å². The summed E-state index contributed by atoms with van der Waals surface area (Å²) in [5.41, 5.74) is 2.79. The monoisotopic (exact) mass is 507 g/mol. The van der Waals surface area contributed by atoms with Crippen molar-refractivity contribution < 1.29 is 18.0 Å². The molecule has 0 fully saturated rings. The number of aryl methyl sites for hydroxylation is 1. The Labute approximate surface area is 208 Å². The van der Waals surface area contributed by atoms with Crippen LogP contribution in [-0.4, -0.2) is 50.0 Å². The van der Waals surface area contributed by atoms with E-state index in [-0.39, 0.29) is 18.5 Å². The number of hydrogen-bond donors (Lipinski definition) is 1. The summed E-state index contributed by atoms with van der Waals surface area (Å²) in [5.74, 6) is -0.781. The van der Waals surface area contributed by atoms with Gasteiger partial charge in [-0.25, -0.2) is 8.42 Å². The molecule has 2 aromatic rings. The highest BCUT2D eigenvalue weighted by Gasteiger charge is 2.31. The van der Waals surface area contributed by atoms with Crippen LogP contribution in [0.25, 0.3) is 0 Å². The van der Waals surface area contributed by atoms with Gasteiger partial charge in [0.25, 0.3) is 0 Å². The van der Waals surface area contributed by atoms with E-state index in [0.717, 1.165) is 28.1 Å². The van der Waals surface area contributed by atoms with Gasteiger partial charge in [0.05, 0.1) is 11.9 Å². The van der Waals surface area contributed by atoms with E-state index in [1.54, 1.807) is 32.0 Å². The second-order valence-electron chi connectivity index (χ2n) is 8.65. The van der Waals surface area contributed by atoms with Crippen LogP contribution in [0.15, 0.2) is 42.5 Å². The molecule has 9 heteroatoms. The summed E-state index contributed by atoms with van der Waals surface area (Å²) >= 11 is 6.21. The van der Waals surface area contributed by atoms with Crippen molar-refractivity contribution >= 4 is 39.1 Å². The molecule has 7 nitrogen and oxygen atoms in total. The Kier molecular flexibility index (Phi) is 9.53. The van der Waals surface area contributed by atoms with Crippen molar-refractivity contribution in [3.05, 3.63) is 64.2 Å². The molecule has 2 atom stereocenters. The van der Waals surface area contributed by atoms with Crippen LogP contribution >= 0.6 is 11.6 Å². The number of halogens is 1. The lowest BCUT2D eigenvalue weighted by molar-refractivity contribution is -0.139. The Morgan fingerprint density at radius 3 is 2.24 bits per heavy atom. The number of carbonyl (C=O) groups is 2. The maximum Gasteiger partial charge on any atom is 0.244 e. The molecule has 0 unspecified atom stereocenters. The van der Waals surface area contributed by atoms with Crippen LogP contribution in [0.3, 0.4) is 0 Å². The molecule has 2 amide bonds. The molecular weight excluding hydrogens is 474 g/mol. The summed E-state index contributed by atoms with van der Waals surface area (Å²) in [4.78, 5) is 27.9. The Hall–Kier alpha value is -2.58. The average molecular weight is 508 g/mol. The molecule has 186 valence electrons. The second-order valence-corrected chi connectivity index (χ2v) is 11.0. The van der Waals surface area contributed by atoms with Crippen molar-refractivity contribution in [3.63, 3.8) is 0 Å². The maximum atomic E-state index is 13.5. The van der Waals surface area contributed by atoms with E-state index in [1.165, 1.54) is 4.90 Å². The summed E-state index contributed by atoms with van der Waals surface area (Å²) in [6.45, 7) is 8.89. The zero-order valence-electron chi connectivity index (χ0n) is 20.6. The van der Waals surface area contributed by atoms with Gasteiger partial charge in [-0.15, -0.1) is 0 Å². The molecule has 0 aliphatic carbocycles. The third kappa shape index (κ3) is 7.21. The number of hydrogen-bond acceptors (Lipinski definition) is 4. The zero-order chi connectivity index (χ0) is 25.6. The van der Waals surface area contributed by atoms with E-state index in [9.17, 15) is 18.0 Å². The molecule has 0 saturated heterocycles. The number of rotatable bonds is 10. The van der Waals surface area contributed by atoms with Gasteiger partial charge in [0.15, 0.2) is 0 Å². The van der Waals surface area contributed by atoms with Crippen LogP contribution in [0.4, 0.5) is 5.69 Å². The molecule has 2 rings (SSSR count). The molecule has 0 aromatic heterocycles. The minimum Gasteiger partial charge on any atom is -0.352 e. The fraction of sp³-hybridized carbons (Fsp3) is 0.440. The minimum absolute atomic E-state index is 0.0482. The lowest BCUT2D eigenvalue weighted by Gasteiger charge is -2.32. The summed E-state index contributed by atoms with van der Waals surface area (Å²) in [6.07, 6.45) is 1.80. The predicted molar refractivity (Wildman–Crippen MR) is 137 cm³/mol. The lowest BCUT2D eigenvalue weighted by atomic mass is 10.1. The van der Waals surface area contributed by atoms with Gasteiger partial charge in [-0.3, -0.25) is 13.9 Å². The Morgan fingerprint density at radius 2 is 1.68 bits per heavy atom. The minimum atomic E-state index is -3.81. The van der Waals surface area contributed by atoms with Crippen molar-refractivity contribution in [2.45, 2.75) is 59.7 Å². The maximum absolute atomic E-state index is 13.5. The van der Waals surface area contributed by atoms with E-state index in [2.05, 4.69) is 5.32 Å². The fourth-order valence-electron chi connectivity index (χ4n) is 3.40. The average Bonchev–Trinajstić information content (AvgIpc) is 2.77. The number of nitrogens with one attached hydrogen (secondary N) is 1. The van der Waals surface area contributed by atoms with Gasteiger partial charge in [-0.1, -0.05) is 54.4 Å². The Bertz CT molecular complexity index is 1120. The third-order valence-electron chi connectivity index (χ3n) is 5.83. The first kappa shape index (κ1) is 27.7. The molecule has 0 heterocycles. The topological polar surface area (TPSA) is 86.8 Å². The molecule has 0 saturated carbocycles. The first-order valence-electron chi connectivity index (χ1n) is 11.2. The molecule has 0 spiro atoms. The normalized spacial score (nSPS) is 13.1. The molecule has 0 radical (unpaired) electrons. The van der Waals surface area contributed by atoms with Crippen LogP contribution in [0.2, 0.25) is 5.02 Å². The first-order chi connectivity index (χ1) is 15.8. The molecule has 2 aromatic carbocycles. The van der Waals surface area contributed by atoms with Crippen LogP contribution in [0.5, 0.6) is 0 Å². The van der Waals surface area contributed by atoms with E-state index in [4.69, 9.17) is 11.6 Å². The SMILES string of the molecule is CC[C@H](C)NC(=O)[C@H](C)N(Cc1ccc(C)cc1)C(=O)CN(c1cccc(Cl)c1C)S(C)(=O)=O. The first-order valence-corrected chi connectivity index (χ1v) is 13.5. The van der Waals surface area contributed by atoms with Crippen LogP contribution in [-0.2, 0) is 26.2 Å². The smallest absolute Gasteiger partial charge is 0.244 e. The van der Waals surface area contributed by atoms with E-state index in [0.29, 0.717) is 16.3 Å². The van der Waals surface area contributed by atoms with E-state index >= 15 is 0 Å². The van der Waals surface area contributed by atoms with Gasteiger partial charge in [-0.05, 0) is 57.4 Å².